The van der Waals surface area contributed by atoms with Crippen molar-refractivity contribution in [2.75, 3.05) is 25.4 Å². The van der Waals surface area contributed by atoms with E-state index in [9.17, 15) is 0 Å². The molecule has 1 rings (SSSR count). The van der Waals surface area contributed by atoms with Gasteiger partial charge in [0.05, 0.1) is 0 Å². The summed E-state index contributed by atoms with van der Waals surface area (Å²) in [5.74, 6) is 1.11. The van der Waals surface area contributed by atoms with Gasteiger partial charge in [-0.15, -0.1) is 0 Å². The molecule has 3 heteroatoms. The van der Waals surface area contributed by atoms with Gasteiger partial charge in [-0.2, -0.15) is 11.8 Å². The van der Waals surface area contributed by atoms with Crippen molar-refractivity contribution in [2.45, 2.75) is 11.7 Å². The van der Waals surface area contributed by atoms with Crippen LogP contribution in [0.25, 0.3) is 0 Å². The summed E-state index contributed by atoms with van der Waals surface area (Å²) in [7, 11) is 0. The maximum Gasteiger partial charge on any atom is 0.0438 e. The molecule has 0 aromatic carbocycles. The molecule has 9 heavy (non-hydrogen) atoms. The van der Waals surface area contributed by atoms with Crippen molar-refractivity contribution < 1.29 is 5.11 Å². The Hall–Kier alpha value is 0.270. The molecule has 1 saturated heterocycles. The second kappa shape index (κ2) is 4.14. The maximum absolute atomic E-state index is 8.44. The molecule has 2 nitrogen and oxygen atoms in total. The Morgan fingerprint density at radius 3 is 2.78 bits per heavy atom. The molecule has 0 aliphatic carbocycles. The predicted octanol–water partition coefficient (Wildman–Crippen LogP) is 0.0738. The van der Waals surface area contributed by atoms with Crippen LogP contribution < -0.4 is 5.32 Å². The number of hydrogen-bond acceptors (Lipinski definition) is 3. The minimum atomic E-state index is 0.340. The molecule has 0 atom stereocenters. The highest BCUT2D eigenvalue weighted by Gasteiger charge is 2.15. The van der Waals surface area contributed by atoms with Gasteiger partial charge in [0.25, 0.3) is 0 Å². The second-order valence-corrected chi connectivity index (χ2v) is 3.64. The lowest BCUT2D eigenvalue weighted by atomic mass is 10.3. The van der Waals surface area contributed by atoms with E-state index < -0.39 is 0 Å². The quantitative estimate of drug-likeness (QED) is 0.552. The fourth-order valence-electron chi connectivity index (χ4n) is 0.695. The minimum Gasteiger partial charge on any atom is -0.396 e. The van der Waals surface area contributed by atoms with E-state index in [2.05, 4.69) is 5.32 Å². The molecule has 1 aliphatic heterocycles. The van der Waals surface area contributed by atoms with Crippen LogP contribution in [0, 0.1) is 0 Å². The lowest BCUT2D eigenvalue weighted by Crippen LogP contribution is -2.44. The van der Waals surface area contributed by atoms with E-state index in [-0.39, 0.29) is 0 Å². The summed E-state index contributed by atoms with van der Waals surface area (Å²) < 4.78 is 0. The van der Waals surface area contributed by atoms with Gasteiger partial charge in [-0.3, -0.25) is 0 Å². The van der Waals surface area contributed by atoms with Crippen LogP contribution in [-0.4, -0.2) is 35.8 Å². The lowest BCUT2D eigenvalue weighted by Gasteiger charge is -2.26. The third-order valence-corrected chi connectivity index (χ3v) is 2.73. The van der Waals surface area contributed by atoms with Crippen LogP contribution in [-0.2, 0) is 0 Å². The first-order valence-corrected chi connectivity index (χ1v) is 4.41. The fourth-order valence-corrected chi connectivity index (χ4v) is 1.80. The van der Waals surface area contributed by atoms with Crippen LogP contribution in [0.2, 0.25) is 0 Å². The largest absolute Gasteiger partial charge is 0.396 e. The number of aliphatic hydroxyl groups excluding tert-OH is 1. The van der Waals surface area contributed by atoms with Crippen LogP contribution in [0.5, 0.6) is 0 Å². The molecule has 0 amide bonds. The topological polar surface area (TPSA) is 32.3 Å². The highest BCUT2D eigenvalue weighted by Crippen LogP contribution is 2.14. The zero-order valence-corrected chi connectivity index (χ0v) is 6.28. The van der Waals surface area contributed by atoms with Crippen LogP contribution in [0.15, 0.2) is 0 Å². The van der Waals surface area contributed by atoms with E-state index in [4.69, 9.17) is 5.11 Å². The van der Waals surface area contributed by atoms with Crippen molar-refractivity contribution in [1.82, 2.24) is 5.32 Å². The van der Waals surface area contributed by atoms with E-state index in [0.717, 1.165) is 30.5 Å². The molecule has 0 unspecified atom stereocenters. The fraction of sp³-hybridized carbons (Fsp3) is 1.00. The Morgan fingerprint density at radius 2 is 2.33 bits per heavy atom. The van der Waals surface area contributed by atoms with Gasteiger partial charge in [0.1, 0.15) is 0 Å². The van der Waals surface area contributed by atoms with Crippen LogP contribution in [0.1, 0.15) is 6.42 Å². The molecule has 1 fully saturated rings. The number of aliphatic hydroxyl groups is 1. The molecule has 2 N–H and O–H groups in total. The van der Waals surface area contributed by atoms with E-state index in [0.29, 0.717) is 6.61 Å². The summed E-state index contributed by atoms with van der Waals surface area (Å²) in [5.41, 5.74) is 0. The van der Waals surface area contributed by atoms with Crippen LogP contribution in [0.3, 0.4) is 0 Å². The summed E-state index contributed by atoms with van der Waals surface area (Å²) in [4.78, 5) is 0. The number of thioether (sulfide) groups is 1. The summed E-state index contributed by atoms with van der Waals surface area (Å²) in [5, 5.41) is 12.5. The standard InChI is InChI=1S/C6H13NOS/c8-2-1-3-9-6-4-7-5-6/h6-8H,1-5H2. The van der Waals surface area contributed by atoms with Crippen molar-refractivity contribution >= 4 is 11.8 Å². The molecule has 54 valence electrons. The molecule has 0 spiro atoms. The average molecular weight is 147 g/mol. The second-order valence-electron chi connectivity index (χ2n) is 2.23. The van der Waals surface area contributed by atoms with Gasteiger partial charge in [-0.05, 0) is 12.2 Å². The highest BCUT2D eigenvalue weighted by molar-refractivity contribution is 8.00. The molecule has 0 radical (unpaired) electrons. The van der Waals surface area contributed by atoms with Gasteiger partial charge in [-0.25, -0.2) is 0 Å². The highest BCUT2D eigenvalue weighted by atomic mass is 32.2. The third-order valence-electron chi connectivity index (χ3n) is 1.40. The number of rotatable bonds is 4. The molecule has 0 aromatic rings. The zero-order valence-electron chi connectivity index (χ0n) is 5.47. The first kappa shape index (κ1) is 7.38. The Kier molecular flexibility index (Phi) is 3.40. The summed E-state index contributed by atoms with van der Waals surface area (Å²) in [6.07, 6.45) is 0.946. The Bertz CT molecular complexity index is 75.5. The Morgan fingerprint density at radius 1 is 1.56 bits per heavy atom. The van der Waals surface area contributed by atoms with Crippen molar-refractivity contribution in [3.8, 4) is 0 Å². The molecule has 0 saturated carbocycles. The molecule has 0 aromatic heterocycles. The summed E-state index contributed by atoms with van der Waals surface area (Å²) in [6, 6.07) is 0. The van der Waals surface area contributed by atoms with E-state index in [1.165, 1.54) is 0 Å². The molecule has 1 heterocycles. The van der Waals surface area contributed by atoms with E-state index in [1.807, 2.05) is 11.8 Å². The van der Waals surface area contributed by atoms with Gasteiger partial charge in [0, 0.05) is 24.9 Å². The van der Waals surface area contributed by atoms with Crippen LogP contribution in [0.4, 0.5) is 0 Å². The van der Waals surface area contributed by atoms with Crippen molar-refractivity contribution in [3.05, 3.63) is 0 Å². The number of nitrogens with one attached hydrogen (secondary N) is 1. The van der Waals surface area contributed by atoms with Gasteiger partial charge in [0.2, 0.25) is 0 Å². The monoisotopic (exact) mass is 147 g/mol. The lowest BCUT2D eigenvalue weighted by molar-refractivity contribution is 0.296. The van der Waals surface area contributed by atoms with Crippen molar-refractivity contribution in [1.29, 1.82) is 0 Å². The molecular weight excluding hydrogens is 134 g/mol. The normalized spacial score (nSPS) is 19.7. The zero-order chi connectivity index (χ0) is 6.53. The van der Waals surface area contributed by atoms with E-state index >= 15 is 0 Å². The maximum atomic E-state index is 8.44. The van der Waals surface area contributed by atoms with Crippen molar-refractivity contribution in [2.24, 2.45) is 0 Å². The minimum absolute atomic E-state index is 0.340. The van der Waals surface area contributed by atoms with Crippen molar-refractivity contribution in [3.63, 3.8) is 0 Å². The van der Waals surface area contributed by atoms with Gasteiger partial charge in [-0.1, -0.05) is 0 Å². The van der Waals surface area contributed by atoms with Crippen LogP contribution >= 0.6 is 11.8 Å². The smallest absolute Gasteiger partial charge is 0.0438 e. The Labute approximate surface area is 60.0 Å². The molecule has 1 aliphatic rings. The molecule has 0 bridgehead atoms. The van der Waals surface area contributed by atoms with Gasteiger partial charge < -0.3 is 10.4 Å². The predicted molar refractivity (Wildman–Crippen MR) is 40.8 cm³/mol. The van der Waals surface area contributed by atoms with E-state index in [1.54, 1.807) is 0 Å². The molecular formula is C6H13NOS. The summed E-state index contributed by atoms with van der Waals surface area (Å²) >= 11 is 1.97. The first-order valence-electron chi connectivity index (χ1n) is 3.36. The average Bonchev–Trinajstić information content (AvgIpc) is 1.76. The Balaban J connectivity index is 1.80. The summed E-state index contributed by atoms with van der Waals surface area (Å²) in [6.45, 7) is 2.67. The third kappa shape index (κ3) is 2.56. The number of hydrogen-bond donors (Lipinski definition) is 2. The SMILES string of the molecule is OCCCSC1CNC1. The van der Waals surface area contributed by atoms with Gasteiger partial charge in [0.15, 0.2) is 0 Å². The first-order chi connectivity index (χ1) is 4.43. The van der Waals surface area contributed by atoms with Gasteiger partial charge >= 0.3 is 0 Å².